The van der Waals surface area contributed by atoms with Gasteiger partial charge in [0.15, 0.2) is 0 Å². The predicted octanol–water partition coefficient (Wildman–Crippen LogP) is 4.05. The molecule has 0 amide bonds. The molecular formula is C16H15ClN4. The first-order chi connectivity index (χ1) is 10.3. The summed E-state index contributed by atoms with van der Waals surface area (Å²) in [6, 6.07) is 15.8. The van der Waals surface area contributed by atoms with E-state index < -0.39 is 0 Å². The fourth-order valence-corrected chi connectivity index (χ4v) is 2.52. The number of para-hydroxylation sites is 1. The van der Waals surface area contributed by atoms with Gasteiger partial charge in [0.1, 0.15) is 11.4 Å². The van der Waals surface area contributed by atoms with Crippen molar-refractivity contribution in [2.45, 2.75) is 13.5 Å². The Kier molecular flexibility index (Phi) is 3.88. The molecule has 0 unspecified atom stereocenters. The molecular weight excluding hydrogens is 284 g/mol. The summed E-state index contributed by atoms with van der Waals surface area (Å²) >= 11 is 6.22. The van der Waals surface area contributed by atoms with Crippen LogP contribution in [0.2, 0.25) is 5.02 Å². The van der Waals surface area contributed by atoms with E-state index in [0.29, 0.717) is 11.6 Å². The quantitative estimate of drug-likeness (QED) is 0.764. The van der Waals surface area contributed by atoms with Crippen LogP contribution in [0.15, 0.2) is 48.5 Å². The summed E-state index contributed by atoms with van der Waals surface area (Å²) in [5.41, 5.74) is 4.79. The number of hydrogen-bond acceptors (Lipinski definition) is 3. The molecule has 2 N–H and O–H groups in total. The van der Waals surface area contributed by atoms with Gasteiger partial charge in [0, 0.05) is 5.56 Å². The normalized spacial score (nSPS) is 10.6. The standard InChI is InChI=1S/C16H15ClN4/c1-11-6-5-9-13(17)15(11)18-10-14-16(20-21-19-14)12-7-3-2-4-8-12/h2-9,18H,10H2,1H3,(H,19,20,21). The predicted molar refractivity (Wildman–Crippen MR) is 85.3 cm³/mol. The first-order valence-electron chi connectivity index (χ1n) is 6.70. The van der Waals surface area contributed by atoms with Crippen LogP contribution in [0.25, 0.3) is 11.3 Å². The van der Waals surface area contributed by atoms with E-state index in [1.54, 1.807) is 0 Å². The Morgan fingerprint density at radius 1 is 1.05 bits per heavy atom. The Balaban J connectivity index is 1.83. The summed E-state index contributed by atoms with van der Waals surface area (Å²) in [6.45, 7) is 2.58. The molecule has 1 heterocycles. The molecule has 0 spiro atoms. The lowest BCUT2D eigenvalue weighted by Crippen LogP contribution is -2.03. The van der Waals surface area contributed by atoms with Crippen molar-refractivity contribution in [3.63, 3.8) is 0 Å². The first-order valence-corrected chi connectivity index (χ1v) is 7.07. The number of H-pyrrole nitrogens is 1. The summed E-state index contributed by atoms with van der Waals surface area (Å²) in [7, 11) is 0. The number of aryl methyl sites for hydroxylation is 1. The van der Waals surface area contributed by atoms with Gasteiger partial charge in [-0.05, 0) is 18.6 Å². The van der Waals surface area contributed by atoms with Gasteiger partial charge in [-0.2, -0.15) is 15.4 Å². The Morgan fingerprint density at radius 2 is 1.86 bits per heavy atom. The van der Waals surface area contributed by atoms with Crippen molar-refractivity contribution in [3.8, 4) is 11.3 Å². The second kappa shape index (κ2) is 5.97. The van der Waals surface area contributed by atoms with Crippen LogP contribution in [0.4, 0.5) is 5.69 Å². The summed E-state index contributed by atoms with van der Waals surface area (Å²) in [4.78, 5) is 0. The molecule has 1 aromatic heterocycles. The molecule has 0 aliphatic carbocycles. The van der Waals surface area contributed by atoms with Crippen molar-refractivity contribution in [2.24, 2.45) is 0 Å². The number of rotatable bonds is 4. The summed E-state index contributed by atoms with van der Waals surface area (Å²) in [5, 5.41) is 15.2. The van der Waals surface area contributed by atoms with Crippen LogP contribution >= 0.6 is 11.6 Å². The van der Waals surface area contributed by atoms with E-state index in [-0.39, 0.29) is 0 Å². The lowest BCUT2D eigenvalue weighted by Gasteiger charge is -2.10. The highest BCUT2D eigenvalue weighted by atomic mass is 35.5. The highest BCUT2D eigenvalue weighted by Crippen LogP contribution is 2.26. The number of nitrogens with one attached hydrogen (secondary N) is 2. The third kappa shape index (κ3) is 2.90. The maximum atomic E-state index is 6.22. The van der Waals surface area contributed by atoms with Crippen LogP contribution in [-0.4, -0.2) is 15.4 Å². The van der Waals surface area contributed by atoms with Crippen LogP contribution in [-0.2, 0) is 6.54 Å². The second-order valence-corrected chi connectivity index (χ2v) is 5.18. The van der Waals surface area contributed by atoms with Crippen LogP contribution in [0.5, 0.6) is 0 Å². The molecule has 4 nitrogen and oxygen atoms in total. The van der Waals surface area contributed by atoms with Crippen molar-refractivity contribution in [2.75, 3.05) is 5.32 Å². The first kappa shape index (κ1) is 13.6. The fraction of sp³-hybridized carbons (Fsp3) is 0.125. The zero-order chi connectivity index (χ0) is 14.7. The second-order valence-electron chi connectivity index (χ2n) is 4.77. The molecule has 3 aromatic rings. The Morgan fingerprint density at radius 3 is 2.62 bits per heavy atom. The molecule has 0 saturated carbocycles. The maximum absolute atomic E-state index is 6.22. The highest BCUT2D eigenvalue weighted by Gasteiger charge is 2.11. The zero-order valence-corrected chi connectivity index (χ0v) is 12.4. The molecule has 0 fully saturated rings. The molecule has 3 rings (SSSR count). The highest BCUT2D eigenvalue weighted by molar-refractivity contribution is 6.33. The van der Waals surface area contributed by atoms with Crippen molar-refractivity contribution in [3.05, 3.63) is 64.8 Å². The van der Waals surface area contributed by atoms with E-state index in [1.807, 2.05) is 55.5 Å². The monoisotopic (exact) mass is 298 g/mol. The van der Waals surface area contributed by atoms with Gasteiger partial charge < -0.3 is 5.32 Å². The number of benzene rings is 2. The van der Waals surface area contributed by atoms with Crippen molar-refractivity contribution < 1.29 is 0 Å². The average molecular weight is 299 g/mol. The third-order valence-electron chi connectivity index (χ3n) is 3.32. The lowest BCUT2D eigenvalue weighted by atomic mass is 10.1. The number of hydrogen-bond donors (Lipinski definition) is 2. The smallest absolute Gasteiger partial charge is 0.117 e. The molecule has 2 aromatic carbocycles. The number of nitrogens with zero attached hydrogens (tertiary/aromatic N) is 2. The van der Waals surface area contributed by atoms with Gasteiger partial charge in [-0.3, -0.25) is 0 Å². The molecule has 5 heteroatoms. The fourth-order valence-electron chi connectivity index (χ4n) is 2.23. The minimum absolute atomic E-state index is 0.561. The SMILES string of the molecule is Cc1cccc(Cl)c1NCc1n[nH]nc1-c1ccccc1. The van der Waals surface area contributed by atoms with Crippen molar-refractivity contribution in [1.82, 2.24) is 15.4 Å². The molecule has 0 aliphatic rings. The minimum Gasteiger partial charge on any atom is -0.378 e. The van der Waals surface area contributed by atoms with Gasteiger partial charge in [0.05, 0.1) is 17.3 Å². The summed E-state index contributed by atoms with van der Waals surface area (Å²) in [5.74, 6) is 0. The number of aromatic amines is 1. The lowest BCUT2D eigenvalue weighted by molar-refractivity contribution is 0.911. The molecule has 21 heavy (non-hydrogen) atoms. The third-order valence-corrected chi connectivity index (χ3v) is 3.64. The number of anilines is 1. The van der Waals surface area contributed by atoms with Crippen LogP contribution < -0.4 is 5.32 Å². The number of halogens is 1. The average Bonchev–Trinajstić information content (AvgIpc) is 2.96. The largest absolute Gasteiger partial charge is 0.378 e. The summed E-state index contributed by atoms with van der Waals surface area (Å²) < 4.78 is 0. The van der Waals surface area contributed by atoms with Crippen molar-refractivity contribution >= 4 is 17.3 Å². The van der Waals surface area contributed by atoms with Crippen LogP contribution in [0, 0.1) is 6.92 Å². The van der Waals surface area contributed by atoms with E-state index in [9.17, 15) is 0 Å². The molecule has 0 saturated heterocycles. The van der Waals surface area contributed by atoms with E-state index in [1.165, 1.54) is 0 Å². The Labute approximate surface area is 128 Å². The van der Waals surface area contributed by atoms with E-state index in [4.69, 9.17) is 11.6 Å². The molecule has 106 valence electrons. The Bertz CT molecular complexity index is 717. The molecule has 0 bridgehead atoms. The van der Waals surface area contributed by atoms with Gasteiger partial charge in [0.25, 0.3) is 0 Å². The molecule has 0 aliphatic heterocycles. The molecule has 0 radical (unpaired) electrons. The van der Waals surface area contributed by atoms with E-state index >= 15 is 0 Å². The van der Waals surface area contributed by atoms with Crippen LogP contribution in [0.1, 0.15) is 11.3 Å². The van der Waals surface area contributed by atoms with Gasteiger partial charge in [-0.25, -0.2) is 0 Å². The maximum Gasteiger partial charge on any atom is 0.117 e. The number of aromatic nitrogens is 3. The van der Waals surface area contributed by atoms with Gasteiger partial charge in [-0.1, -0.05) is 54.1 Å². The molecule has 0 atom stereocenters. The van der Waals surface area contributed by atoms with Gasteiger partial charge in [-0.15, -0.1) is 0 Å². The van der Waals surface area contributed by atoms with Crippen molar-refractivity contribution in [1.29, 1.82) is 0 Å². The van der Waals surface area contributed by atoms with Crippen LogP contribution in [0.3, 0.4) is 0 Å². The topological polar surface area (TPSA) is 53.6 Å². The van der Waals surface area contributed by atoms with Gasteiger partial charge >= 0.3 is 0 Å². The summed E-state index contributed by atoms with van der Waals surface area (Å²) in [6.07, 6.45) is 0. The van der Waals surface area contributed by atoms with E-state index in [0.717, 1.165) is 28.2 Å². The van der Waals surface area contributed by atoms with E-state index in [2.05, 4.69) is 20.7 Å². The zero-order valence-electron chi connectivity index (χ0n) is 11.6. The minimum atomic E-state index is 0.561. The Hall–Kier alpha value is -2.33. The van der Waals surface area contributed by atoms with Gasteiger partial charge in [0.2, 0.25) is 0 Å².